The van der Waals surface area contributed by atoms with Gasteiger partial charge in [0.15, 0.2) is 0 Å². The van der Waals surface area contributed by atoms with Gasteiger partial charge in [0.05, 0.1) is 12.7 Å². The molecule has 0 aliphatic carbocycles. The van der Waals surface area contributed by atoms with Gasteiger partial charge in [-0.1, -0.05) is 36.4 Å². The highest BCUT2D eigenvalue weighted by Gasteiger charge is 2.10. The Hall–Kier alpha value is -2.86. The number of benzene rings is 3. The Bertz CT molecular complexity index is 867. The second-order valence-corrected chi connectivity index (χ2v) is 6.70. The van der Waals surface area contributed by atoms with E-state index < -0.39 is 6.10 Å². The Balaban J connectivity index is 1.43. The van der Waals surface area contributed by atoms with Gasteiger partial charge in [-0.3, -0.25) is 0 Å². The summed E-state index contributed by atoms with van der Waals surface area (Å²) in [7, 11) is 0. The summed E-state index contributed by atoms with van der Waals surface area (Å²) >= 11 is 0. The molecule has 1 atom stereocenters. The van der Waals surface area contributed by atoms with E-state index in [9.17, 15) is 15.3 Å². The first-order chi connectivity index (χ1) is 13.7. The van der Waals surface area contributed by atoms with Gasteiger partial charge in [-0.25, -0.2) is 0 Å². The van der Waals surface area contributed by atoms with Gasteiger partial charge in [-0.15, -0.1) is 0 Å². The monoisotopic (exact) mass is 378 g/mol. The molecule has 0 amide bonds. The minimum Gasteiger partial charge on any atom is -0.508 e. The normalized spacial score (nSPS) is 11.9. The summed E-state index contributed by atoms with van der Waals surface area (Å²) in [4.78, 5) is 0. The van der Waals surface area contributed by atoms with Crippen molar-refractivity contribution >= 4 is 11.4 Å². The molecule has 3 aromatic carbocycles. The predicted molar refractivity (Wildman–Crippen MR) is 112 cm³/mol. The third-order valence-electron chi connectivity index (χ3n) is 4.60. The largest absolute Gasteiger partial charge is 0.508 e. The lowest BCUT2D eigenvalue weighted by molar-refractivity contribution is 0.174. The van der Waals surface area contributed by atoms with Crippen molar-refractivity contribution in [2.45, 2.75) is 19.1 Å². The van der Waals surface area contributed by atoms with Crippen LogP contribution in [0.2, 0.25) is 0 Å². The molecule has 0 heterocycles. The van der Waals surface area contributed by atoms with Gasteiger partial charge in [0.2, 0.25) is 0 Å². The molecule has 0 saturated carbocycles. The Morgan fingerprint density at radius 1 is 0.857 bits per heavy atom. The molecule has 0 bridgehead atoms. The number of aliphatic hydroxyl groups is 2. The van der Waals surface area contributed by atoms with E-state index in [1.165, 1.54) is 11.6 Å². The lowest BCUT2D eigenvalue weighted by Crippen LogP contribution is -2.23. The predicted octanol–water partition coefficient (Wildman–Crippen LogP) is 3.49. The molecule has 3 aromatic rings. The highest BCUT2D eigenvalue weighted by molar-refractivity contribution is 5.59. The zero-order valence-corrected chi connectivity index (χ0v) is 15.7. The molecule has 3 rings (SSSR count). The summed E-state index contributed by atoms with van der Waals surface area (Å²) in [5.41, 5.74) is 4.41. The van der Waals surface area contributed by atoms with Gasteiger partial charge >= 0.3 is 0 Å². The molecule has 5 heteroatoms. The quantitative estimate of drug-likeness (QED) is 0.368. The molecule has 5 nitrogen and oxygen atoms in total. The van der Waals surface area contributed by atoms with E-state index >= 15 is 0 Å². The molecule has 0 aliphatic heterocycles. The summed E-state index contributed by atoms with van der Waals surface area (Å²) in [5.74, 6) is 0.0385. The second-order valence-electron chi connectivity index (χ2n) is 6.70. The molecule has 146 valence electrons. The summed E-state index contributed by atoms with van der Waals surface area (Å²) in [6.45, 7) is 0.895. The smallest absolute Gasteiger partial charge is 0.121 e. The molecule has 0 fully saturated rings. The van der Waals surface area contributed by atoms with Crippen molar-refractivity contribution in [3.05, 3.63) is 89.5 Å². The zero-order valence-electron chi connectivity index (χ0n) is 15.7. The number of hydrogen-bond acceptors (Lipinski definition) is 5. The van der Waals surface area contributed by atoms with Crippen molar-refractivity contribution in [2.24, 2.45) is 0 Å². The average Bonchev–Trinajstić information content (AvgIpc) is 2.73. The van der Waals surface area contributed by atoms with Crippen LogP contribution in [0.1, 0.15) is 22.8 Å². The highest BCUT2D eigenvalue weighted by Crippen LogP contribution is 2.22. The van der Waals surface area contributed by atoms with Gasteiger partial charge in [0.25, 0.3) is 0 Å². The van der Waals surface area contributed by atoms with E-state index in [2.05, 4.69) is 34.9 Å². The standard InChI is InChI=1S/C23H26N2O3/c26-16-19-14-18(8-11-22(19)27)23(28)15-24-13-12-17-6-9-21(10-7-17)25-20-4-2-1-3-5-20/h1-11,14,23-28H,12-13,15-16H2/t23-/m0/s1. The van der Waals surface area contributed by atoms with Crippen molar-refractivity contribution in [3.8, 4) is 5.75 Å². The van der Waals surface area contributed by atoms with Crippen LogP contribution in [0.3, 0.4) is 0 Å². The van der Waals surface area contributed by atoms with Gasteiger partial charge in [-0.2, -0.15) is 0 Å². The van der Waals surface area contributed by atoms with Gasteiger partial charge in [0, 0.05) is 23.5 Å². The third-order valence-corrected chi connectivity index (χ3v) is 4.60. The average molecular weight is 378 g/mol. The summed E-state index contributed by atoms with van der Waals surface area (Å²) in [6, 6.07) is 23.1. The van der Waals surface area contributed by atoms with Crippen LogP contribution in [-0.2, 0) is 13.0 Å². The number of anilines is 2. The minimum absolute atomic E-state index is 0.0385. The molecule has 0 spiro atoms. The first-order valence-corrected chi connectivity index (χ1v) is 9.38. The Kier molecular flexibility index (Phi) is 7.03. The lowest BCUT2D eigenvalue weighted by Gasteiger charge is -2.14. The van der Waals surface area contributed by atoms with Gasteiger partial charge < -0.3 is 26.0 Å². The second kappa shape index (κ2) is 9.90. The summed E-state index contributed by atoms with van der Waals surface area (Å²) in [6.07, 6.45) is 0.166. The topological polar surface area (TPSA) is 84.8 Å². The maximum atomic E-state index is 10.3. The van der Waals surface area contributed by atoms with E-state index in [0.717, 1.165) is 24.3 Å². The number of nitrogens with one attached hydrogen (secondary N) is 2. The van der Waals surface area contributed by atoms with Crippen molar-refractivity contribution in [3.63, 3.8) is 0 Å². The SMILES string of the molecule is OCc1cc([C@@H](O)CNCCc2ccc(Nc3ccccc3)cc2)ccc1O. The first kappa shape index (κ1) is 19.9. The summed E-state index contributed by atoms with van der Waals surface area (Å²) in [5, 5.41) is 35.7. The van der Waals surface area contributed by atoms with E-state index in [1.54, 1.807) is 12.1 Å². The molecule has 0 aromatic heterocycles. The first-order valence-electron chi connectivity index (χ1n) is 9.38. The van der Waals surface area contributed by atoms with E-state index in [1.807, 2.05) is 30.3 Å². The molecular weight excluding hydrogens is 352 g/mol. The highest BCUT2D eigenvalue weighted by atomic mass is 16.3. The van der Waals surface area contributed by atoms with Crippen LogP contribution in [0.15, 0.2) is 72.8 Å². The molecule has 0 unspecified atom stereocenters. The van der Waals surface area contributed by atoms with Crippen LogP contribution in [-0.4, -0.2) is 28.4 Å². The minimum atomic E-state index is -0.691. The molecule has 0 radical (unpaired) electrons. The maximum Gasteiger partial charge on any atom is 0.121 e. The number of phenols is 1. The number of rotatable bonds is 9. The molecule has 28 heavy (non-hydrogen) atoms. The van der Waals surface area contributed by atoms with Crippen molar-refractivity contribution in [2.75, 3.05) is 18.4 Å². The number of aromatic hydroxyl groups is 1. The fraction of sp³-hybridized carbons (Fsp3) is 0.217. The third kappa shape index (κ3) is 5.57. The Morgan fingerprint density at radius 3 is 2.29 bits per heavy atom. The number of para-hydroxylation sites is 1. The van der Waals surface area contributed by atoms with Crippen molar-refractivity contribution in [1.29, 1.82) is 0 Å². The number of hydrogen-bond donors (Lipinski definition) is 5. The van der Waals surface area contributed by atoms with Crippen LogP contribution >= 0.6 is 0 Å². The fourth-order valence-corrected chi connectivity index (χ4v) is 2.97. The maximum absolute atomic E-state index is 10.3. The molecule has 5 N–H and O–H groups in total. The lowest BCUT2D eigenvalue weighted by atomic mass is 10.1. The van der Waals surface area contributed by atoms with Crippen LogP contribution in [0, 0.1) is 0 Å². The van der Waals surface area contributed by atoms with Crippen LogP contribution in [0.4, 0.5) is 11.4 Å². The molecule has 0 saturated heterocycles. The van der Waals surface area contributed by atoms with Gasteiger partial charge in [-0.05, 0) is 60.5 Å². The van der Waals surface area contributed by atoms with E-state index in [4.69, 9.17) is 0 Å². The van der Waals surface area contributed by atoms with Gasteiger partial charge in [0.1, 0.15) is 5.75 Å². The van der Waals surface area contributed by atoms with Crippen LogP contribution in [0.25, 0.3) is 0 Å². The fourth-order valence-electron chi connectivity index (χ4n) is 2.97. The Morgan fingerprint density at radius 2 is 1.57 bits per heavy atom. The zero-order chi connectivity index (χ0) is 19.8. The van der Waals surface area contributed by atoms with E-state index in [-0.39, 0.29) is 12.4 Å². The Labute approximate surface area is 165 Å². The summed E-state index contributed by atoms with van der Waals surface area (Å²) < 4.78 is 0. The van der Waals surface area contributed by atoms with Crippen LogP contribution < -0.4 is 10.6 Å². The van der Waals surface area contributed by atoms with Crippen molar-refractivity contribution < 1.29 is 15.3 Å². The van der Waals surface area contributed by atoms with Crippen LogP contribution in [0.5, 0.6) is 5.75 Å². The van der Waals surface area contributed by atoms with Crippen molar-refractivity contribution in [1.82, 2.24) is 5.32 Å². The number of aliphatic hydroxyl groups excluding tert-OH is 2. The molecule has 0 aliphatic rings. The molecular formula is C23H26N2O3. The van der Waals surface area contributed by atoms with E-state index in [0.29, 0.717) is 17.7 Å².